The lowest BCUT2D eigenvalue weighted by Gasteiger charge is -2.06. The number of rotatable bonds is 7. The van der Waals surface area contributed by atoms with E-state index >= 15 is 0 Å². The van der Waals surface area contributed by atoms with Crippen molar-refractivity contribution >= 4 is 46.6 Å². The molecule has 0 aliphatic rings. The Labute approximate surface area is 165 Å². The van der Waals surface area contributed by atoms with Gasteiger partial charge >= 0.3 is 5.97 Å². The van der Waals surface area contributed by atoms with Crippen molar-refractivity contribution in [3.63, 3.8) is 0 Å². The number of carbonyl (C=O) groups is 1. The van der Waals surface area contributed by atoms with Crippen LogP contribution in [0.4, 0.5) is 5.69 Å². The van der Waals surface area contributed by atoms with Gasteiger partial charge in [-0.3, -0.25) is 0 Å². The van der Waals surface area contributed by atoms with Crippen LogP contribution >= 0.6 is 35.0 Å². The molecule has 5 nitrogen and oxygen atoms in total. The molecule has 1 N–H and O–H groups in total. The molecule has 0 spiro atoms. The van der Waals surface area contributed by atoms with Crippen LogP contribution in [-0.2, 0) is 9.53 Å². The molecule has 8 heteroatoms. The molecule has 2 rings (SSSR count). The zero-order valence-corrected chi connectivity index (χ0v) is 16.2. The Bertz CT molecular complexity index is 823. The molecular weight excluding hydrogens is 395 g/mol. The number of halogens is 2. The van der Waals surface area contributed by atoms with E-state index in [1.807, 2.05) is 12.1 Å². The standard InChI is InChI=1S/C18H16Cl2N2O3S/c1-2-25-18(24)17(22-21-15-6-4-3-5-14(15)20)16(23)11-26-13-9-7-12(19)8-10-13/h3-10,23H,2,11H2,1H3. The van der Waals surface area contributed by atoms with E-state index in [9.17, 15) is 9.90 Å². The normalized spacial score (nSPS) is 12.1. The number of ether oxygens (including phenoxy) is 1. The molecule has 0 aliphatic carbocycles. The van der Waals surface area contributed by atoms with Crippen LogP contribution in [-0.4, -0.2) is 23.4 Å². The maximum absolute atomic E-state index is 12.1. The predicted octanol–water partition coefficient (Wildman–Crippen LogP) is 6.20. The van der Waals surface area contributed by atoms with E-state index in [1.165, 1.54) is 11.8 Å². The number of aliphatic hydroxyl groups is 1. The molecular formula is C18H16Cl2N2O3S. The quantitative estimate of drug-likeness (QED) is 0.194. The topological polar surface area (TPSA) is 71.2 Å². The van der Waals surface area contributed by atoms with Gasteiger partial charge in [0.05, 0.1) is 17.4 Å². The first kappa shape index (κ1) is 20.3. The number of hydrogen-bond donors (Lipinski definition) is 1. The van der Waals surface area contributed by atoms with Crippen LogP contribution in [0.15, 0.2) is 75.1 Å². The number of esters is 1. The molecule has 0 radical (unpaired) electrons. The van der Waals surface area contributed by atoms with E-state index in [1.54, 1.807) is 43.3 Å². The highest BCUT2D eigenvalue weighted by Gasteiger charge is 2.17. The number of hydrogen-bond acceptors (Lipinski definition) is 6. The number of aliphatic hydroxyl groups excluding tert-OH is 1. The Kier molecular flexibility index (Phi) is 7.97. The van der Waals surface area contributed by atoms with Gasteiger partial charge in [-0.05, 0) is 43.3 Å². The van der Waals surface area contributed by atoms with Crippen molar-refractivity contribution in [2.24, 2.45) is 10.2 Å². The molecule has 2 aromatic carbocycles. The summed E-state index contributed by atoms with van der Waals surface area (Å²) in [5.74, 6) is -0.867. The number of carbonyl (C=O) groups excluding carboxylic acids is 1. The Morgan fingerprint density at radius 2 is 1.85 bits per heavy atom. The van der Waals surface area contributed by atoms with Crippen molar-refractivity contribution in [2.75, 3.05) is 12.4 Å². The van der Waals surface area contributed by atoms with Crippen molar-refractivity contribution in [2.45, 2.75) is 11.8 Å². The van der Waals surface area contributed by atoms with Crippen LogP contribution in [0.25, 0.3) is 0 Å². The average Bonchev–Trinajstić information content (AvgIpc) is 2.63. The molecule has 0 saturated carbocycles. The van der Waals surface area contributed by atoms with E-state index in [0.29, 0.717) is 15.7 Å². The molecule has 0 bridgehead atoms. The fraction of sp³-hybridized carbons (Fsp3) is 0.167. The maximum atomic E-state index is 12.1. The van der Waals surface area contributed by atoms with Gasteiger partial charge in [0, 0.05) is 9.92 Å². The second kappa shape index (κ2) is 10.2. The van der Waals surface area contributed by atoms with Crippen molar-refractivity contribution in [1.29, 1.82) is 0 Å². The second-order valence-corrected chi connectivity index (χ2v) is 6.80. The third-order valence-electron chi connectivity index (χ3n) is 3.04. The zero-order valence-electron chi connectivity index (χ0n) is 13.9. The molecule has 0 aliphatic heterocycles. The third-order valence-corrected chi connectivity index (χ3v) is 4.64. The number of thioether (sulfide) groups is 1. The monoisotopic (exact) mass is 410 g/mol. The molecule has 0 unspecified atom stereocenters. The summed E-state index contributed by atoms with van der Waals surface area (Å²) in [5.41, 5.74) is 0.127. The Balaban J connectivity index is 2.21. The Hall–Kier alpha value is -2.02. The fourth-order valence-electron chi connectivity index (χ4n) is 1.80. The summed E-state index contributed by atoms with van der Waals surface area (Å²) in [6.45, 7) is 1.82. The SMILES string of the molecule is CCOC(=O)C(N=Nc1ccccc1Cl)=C(O)CSc1ccc(Cl)cc1. The highest BCUT2D eigenvalue weighted by molar-refractivity contribution is 7.99. The summed E-state index contributed by atoms with van der Waals surface area (Å²) < 4.78 is 4.94. The highest BCUT2D eigenvalue weighted by atomic mass is 35.5. The van der Waals surface area contributed by atoms with Gasteiger partial charge in [0.2, 0.25) is 5.70 Å². The minimum absolute atomic E-state index is 0.122. The first-order chi connectivity index (χ1) is 12.5. The first-order valence-corrected chi connectivity index (χ1v) is 9.39. The first-order valence-electron chi connectivity index (χ1n) is 7.65. The summed E-state index contributed by atoms with van der Waals surface area (Å²) in [7, 11) is 0. The van der Waals surface area contributed by atoms with E-state index < -0.39 is 5.97 Å². The maximum Gasteiger partial charge on any atom is 0.362 e. The third kappa shape index (κ3) is 6.05. The van der Waals surface area contributed by atoms with Gasteiger partial charge in [0.15, 0.2) is 0 Å². The fourth-order valence-corrected chi connectivity index (χ4v) is 2.87. The van der Waals surface area contributed by atoms with Crippen LogP contribution in [0, 0.1) is 0 Å². The molecule has 0 atom stereocenters. The van der Waals surface area contributed by atoms with Crippen molar-refractivity contribution in [3.05, 3.63) is 70.0 Å². The molecule has 26 heavy (non-hydrogen) atoms. The Morgan fingerprint density at radius 3 is 2.50 bits per heavy atom. The zero-order chi connectivity index (χ0) is 18.9. The van der Waals surface area contributed by atoms with Gasteiger partial charge in [-0.2, -0.15) is 0 Å². The van der Waals surface area contributed by atoms with E-state index in [4.69, 9.17) is 27.9 Å². The van der Waals surface area contributed by atoms with Gasteiger partial charge in [-0.1, -0.05) is 35.3 Å². The number of azo groups is 1. The van der Waals surface area contributed by atoms with Gasteiger partial charge < -0.3 is 9.84 Å². The lowest BCUT2D eigenvalue weighted by atomic mass is 10.3. The molecule has 0 aromatic heterocycles. The van der Waals surface area contributed by atoms with Crippen LogP contribution in [0.3, 0.4) is 0 Å². The molecule has 0 fully saturated rings. The lowest BCUT2D eigenvalue weighted by Crippen LogP contribution is -2.09. The summed E-state index contributed by atoms with van der Waals surface area (Å²) in [6, 6.07) is 13.9. The van der Waals surface area contributed by atoms with Gasteiger partial charge in [0.1, 0.15) is 11.4 Å². The van der Waals surface area contributed by atoms with Crippen LogP contribution in [0.1, 0.15) is 6.92 Å². The predicted molar refractivity (Wildman–Crippen MR) is 104 cm³/mol. The minimum atomic E-state index is -0.752. The van der Waals surface area contributed by atoms with E-state index in [-0.39, 0.29) is 23.8 Å². The van der Waals surface area contributed by atoms with Crippen LogP contribution in [0.5, 0.6) is 0 Å². The summed E-state index contributed by atoms with van der Waals surface area (Å²) >= 11 is 13.2. The molecule has 0 saturated heterocycles. The van der Waals surface area contributed by atoms with E-state index in [0.717, 1.165) is 4.90 Å². The molecule has 2 aromatic rings. The number of nitrogens with zero attached hydrogens (tertiary/aromatic N) is 2. The van der Waals surface area contributed by atoms with Crippen LogP contribution < -0.4 is 0 Å². The molecule has 0 heterocycles. The summed E-state index contributed by atoms with van der Waals surface area (Å²) in [6.07, 6.45) is 0. The minimum Gasteiger partial charge on any atom is -0.509 e. The second-order valence-electron chi connectivity index (χ2n) is 4.91. The summed E-state index contributed by atoms with van der Waals surface area (Å²) in [4.78, 5) is 13.0. The Morgan fingerprint density at radius 1 is 1.15 bits per heavy atom. The van der Waals surface area contributed by atoms with Crippen molar-refractivity contribution in [3.8, 4) is 0 Å². The van der Waals surface area contributed by atoms with Gasteiger partial charge in [-0.15, -0.1) is 22.0 Å². The average molecular weight is 411 g/mol. The lowest BCUT2D eigenvalue weighted by molar-refractivity contribution is -0.138. The van der Waals surface area contributed by atoms with Crippen molar-refractivity contribution in [1.82, 2.24) is 0 Å². The van der Waals surface area contributed by atoms with Gasteiger partial charge in [-0.25, -0.2) is 4.79 Å². The van der Waals surface area contributed by atoms with Crippen molar-refractivity contribution < 1.29 is 14.6 Å². The molecule has 0 amide bonds. The van der Waals surface area contributed by atoms with Crippen LogP contribution in [0.2, 0.25) is 10.0 Å². The van der Waals surface area contributed by atoms with Gasteiger partial charge in [0.25, 0.3) is 0 Å². The summed E-state index contributed by atoms with van der Waals surface area (Å²) in [5, 5.41) is 19.1. The molecule has 136 valence electrons. The highest BCUT2D eigenvalue weighted by Crippen LogP contribution is 2.26. The smallest absolute Gasteiger partial charge is 0.362 e. The number of benzene rings is 2. The van der Waals surface area contributed by atoms with E-state index in [2.05, 4.69) is 10.2 Å². The largest absolute Gasteiger partial charge is 0.509 e.